The fraction of sp³-hybridized carbons (Fsp3) is 0.320. The van der Waals surface area contributed by atoms with Crippen molar-refractivity contribution >= 4 is 41.8 Å². The molecule has 0 saturated carbocycles. The Kier molecular flexibility index (Phi) is 11.6. The fourth-order valence-electron chi connectivity index (χ4n) is 9.49. The summed E-state index contributed by atoms with van der Waals surface area (Å²) >= 11 is 9.07. The van der Waals surface area contributed by atoms with Crippen LogP contribution in [-0.2, 0) is 30.1 Å². The Bertz CT molecular complexity index is 2310. The van der Waals surface area contributed by atoms with E-state index in [-0.39, 0.29) is 44.7 Å². The minimum absolute atomic E-state index is 0. The molecule has 0 saturated heterocycles. The summed E-state index contributed by atoms with van der Waals surface area (Å²) in [4.78, 5) is 0. The van der Waals surface area contributed by atoms with Gasteiger partial charge >= 0.3 is 334 Å². The molecule has 4 aliphatic rings. The van der Waals surface area contributed by atoms with Crippen LogP contribution in [0.15, 0.2) is 106 Å². The molecule has 5 heteroatoms. The molecule has 0 amide bonds. The van der Waals surface area contributed by atoms with Crippen LogP contribution >= 0.6 is 23.2 Å². The first-order valence-electron chi connectivity index (χ1n) is 19.3. The fourth-order valence-corrected chi connectivity index (χ4v) is 22.1. The maximum atomic E-state index is 6.55. The predicted molar refractivity (Wildman–Crippen MR) is 230 cm³/mol. The van der Waals surface area contributed by atoms with Crippen LogP contribution in [0.3, 0.4) is 0 Å². The number of allylic oxidation sites excluding steroid dienone is 8. The Hall–Kier alpha value is -2.38. The van der Waals surface area contributed by atoms with Crippen molar-refractivity contribution in [2.75, 3.05) is 0 Å². The first-order valence-corrected chi connectivity index (χ1v) is 25.6. The van der Waals surface area contributed by atoms with E-state index < -0.39 is 19.3 Å². The van der Waals surface area contributed by atoms with Crippen LogP contribution in [0.2, 0.25) is 10.0 Å². The zero-order valence-corrected chi connectivity index (χ0v) is 39.1. The van der Waals surface area contributed by atoms with Crippen LogP contribution in [0.4, 0.5) is 0 Å². The van der Waals surface area contributed by atoms with Crippen molar-refractivity contribution in [1.82, 2.24) is 0 Å². The van der Waals surface area contributed by atoms with Gasteiger partial charge < -0.3 is 24.8 Å². The van der Waals surface area contributed by atoms with Crippen LogP contribution in [-0.4, -0.2) is 7.42 Å². The van der Waals surface area contributed by atoms with E-state index in [1.807, 2.05) is 0 Å². The zero-order valence-electron chi connectivity index (χ0n) is 33.6. The number of hydrogen-bond acceptors (Lipinski definition) is 0. The van der Waals surface area contributed by atoms with Crippen LogP contribution in [0, 0.1) is 5.41 Å². The van der Waals surface area contributed by atoms with Crippen molar-refractivity contribution in [2.24, 2.45) is 5.41 Å². The van der Waals surface area contributed by atoms with E-state index in [4.69, 9.17) is 23.2 Å². The van der Waals surface area contributed by atoms with Gasteiger partial charge in [0, 0.05) is 0 Å². The monoisotopic (exact) mass is 882 g/mol. The molecule has 0 aliphatic heterocycles. The first kappa shape index (κ1) is 42.2. The topological polar surface area (TPSA) is 0 Å². The van der Waals surface area contributed by atoms with Gasteiger partial charge in [0.25, 0.3) is 0 Å². The molecule has 0 fully saturated rings. The van der Waals surface area contributed by atoms with E-state index in [1.54, 1.807) is 3.28 Å². The summed E-state index contributed by atoms with van der Waals surface area (Å²) in [6.45, 7) is 21.4. The maximum absolute atomic E-state index is 6.55. The number of fused-ring (bicyclic) bond motifs is 5. The van der Waals surface area contributed by atoms with E-state index in [0.29, 0.717) is 0 Å². The molecular weight excluding hydrogens is 834 g/mol. The largest absolute Gasteiger partial charge is 1.00 e. The zero-order chi connectivity index (χ0) is 37.7. The van der Waals surface area contributed by atoms with E-state index in [1.165, 1.54) is 72.4 Å². The molecule has 0 unspecified atom stereocenters. The third-order valence-electron chi connectivity index (χ3n) is 12.8. The van der Waals surface area contributed by atoms with Crippen LogP contribution in [0.25, 0.3) is 22.3 Å². The average molecular weight is 886 g/mol. The summed E-state index contributed by atoms with van der Waals surface area (Å²) in [7, 11) is 0. The summed E-state index contributed by atoms with van der Waals surface area (Å²) in [5.74, 6) is 0. The van der Waals surface area contributed by atoms with Gasteiger partial charge in [0.15, 0.2) is 0 Å². The molecule has 0 nitrogen and oxygen atoms in total. The number of hydrogen-bond donors (Lipinski definition) is 0. The molecule has 4 aromatic rings. The van der Waals surface area contributed by atoms with Gasteiger partial charge in [-0.25, -0.2) is 0 Å². The summed E-state index contributed by atoms with van der Waals surface area (Å²) in [5, 5.41) is 1.54. The van der Waals surface area contributed by atoms with Crippen molar-refractivity contribution in [2.45, 2.75) is 96.0 Å². The Morgan fingerprint density at radius 1 is 0.618 bits per heavy atom. The second kappa shape index (κ2) is 15.1. The molecule has 4 aromatic carbocycles. The van der Waals surface area contributed by atoms with Gasteiger partial charge in [-0.2, -0.15) is 0 Å². The van der Waals surface area contributed by atoms with E-state index >= 15 is 0 Å². The SMILES string of the molecule is CC1=CCC(C)(C)c2cc3c(cc21)-c1cc2c(cc1[CH]3[Zr+2](=[CH]c1ccc(Cl)cc1)(=[CH]c1ccc(Cl)cc1)[C]1=CC(C(C)(C)C)=CC1)C(C)(C)CC=C2C.[Cl-].[Cl-]. The van der Waals surface area contributed by atoms with Gasteiger partial charge in [-0.1, -0.05) is 0 Å². The third kappa shape index (κ3) is 7.45. The van der Waals surface area contributed by atoms with Crippen molar-refractivity contribution in [3.05, 3.63) is 161 Å². The maximum Gasteiger partial charge on any atom is -1.00 e. The average Bonchev–Trinajstić information content (AvgIpc) is 3.74. The molecule has 0 N–H and O–H groups in total. The van der Waals surface area contributed by atoms with Crippen LogP contribution in [0.5, 0.6) is 0 Å². The summed E-state index contributed by atoms with van der Waals surface area (Å²) in [6.07, 6.45) is 13.2. The Morgan fingerprint density at radius 3 is 1.42 bits per heavy atom. The molecule has 8 rings (SSSR count). The molecule has 284 valence electrons. The molecule has 0 radical (unpaired) electrons. The smallest absolute Gasteiger partial charge is 1.00 e. The molecule has 55 heavy (non-hydrogen) atoms. The number of halogens is 4. The van der Waals surface area contributed by atoms with E-state index in [2.05, 4.69) is 167 Å². The number of rotatable bonds is 4. The van der Waals surface area contributed by atoms with Gasteiger partial charge in [-0.05, 0) is 0 Å². The van der Waals surface area contributed by atoms with Crippen LogP contribution < -0.4 is 24.8 Å². The molecule has 0 heterocycles. The van der Waals surface area contributed by atoms with E-state index in [0.717, 1.165) is 29.3 Å². The van der Waals surface area contributed by atoms with Gasteiger partial charge in [0.05, 0.1) is 0 Å². The molecule has 0 bridgehead atoms. The first-order chi connectivity index (χ1) is 25.0. The summed E-state index contributed by atoms with van der Waals surface area (Å²) < 4.78 is 7.39. The standard InChI is InChI=1S/C27H29.C9H13.2C7H5Cl.2ClH.Zr/c1-16-7-9-26(3,4)24-12-18-11-19-13-25-21(17(2)8-10-27(25,5)6)15-23(19)22(18)14-20(16)24;1-9(2,3)8-6-4-5-7-8;2*1-6-2-4-7(8)5-3-6;;;/h7-8,11-15H,9-10H2,1-6H3;6-7H,4H2,1-3H3;2*1-5H;2*1H;/q;;;;;;+2/p-2. The molecule has 0 spiro atoms. The molecule has 4 aliphatic carbocycles. The quantitative estimate of drug-likeness (QED) is 0.194. The van der Waals surface area contributed by atoms with E-state index in [9.17, 15) is 0 Å². The molecule has 0 atom stereocenters. The van der Waals surface area contributed by atoms with Crippen LogP contribution in [0.1, 0.15) is 130 Å². The van der Waals surface area contributed by atoms with Crippen molar-refractivity contribution < 1.29 is 44.1 Å². The normalized spacial score (nSPS) is 17.3. The van der Waals surface area contributed by atoms with Gasteiger partial charge in [0.1, 0.15) is 0 Å². The van der Waals surface area contributed by atoms with Crippen molar-refractivity contribution in [1.29, 1.82) is 0 Å². The second-order valence-corrected chi connectivity index (χ2v) is 28.3. The Balaban J connectivity index is 0.00000257. The summed E-state index contributed by atoms with van der Waals surface area (Å²) in [6, 6.07) is 27.7. The summed E-state index contributed by atoms with van der Waals surface area (Å²) in [5.41, 5.74) is 18.6. The minimum Gasteiger partial charge on any atom is -1.00 e. The molecular formula is C50H52Cl4Zr. The van der Waals surface area contributed by atoms with Gasteiger partial charge in [-0.3, -0.25) is 0 Å². The third-order valence-corrected chi connectivity index (χ3v) is 24.7. The Morgan fingerprint density at radius 2 is 1.04 bits per heavy atom. The molecule has 0 aromatic heterocycles. The van der Waals surface area contributed by atoms with Crippen molar-refractivity contribution in [3.8, 4) is 11.1 Å². The Labute approximate surface area is 356 Å². The predicted octanol–water partition coefficient (Wildman–Crippen LogP) is 8.36. The van der Waals surface area contributed by atoms with Gasteiger partial charge in [0.2, 0.25) is 0 Å². The minimum atomic E-state index is -4.03. The number of benzene rings is 4. The second-order valence-electron chi connectivity index (χ2n) is 18.5. The van der Waals surface area contributed by atoms with Gasteiger partial charge in [-0.15, -0.1) is 0 Å². The van der Waals surface area contributed by atoms with Crippen molar-refractivity contribution in [3.63, 3.8) is 0 Å².